The van der Waals surface area contributed by atoms with Crippen LogP contribution in [0.15, 0.2) is 23.8 Å². The average molecular weight is 191 g/mol. The van der Waals surface area contributed by atoms with Gasteiger partial charge in [0.1, 0.15) is 0 Å². The fourth-order valence-corrected chi connectivity index (χ4v) is 0.514. The van der Waals surface area contributed by atoms with Crippen LogP contribution in [-0.2, 0) is 14.9 Å². The lowest BCUT2D eigenvalue weighted by Gasteiger charge is -1.96. The molecule has 0 rings (SSSR count). The highest BCUT2D eigenvalue weighted by atomic mass is 32.2. The number of carbonyl (C=O) groups excluding carboxylic acids is 1. The van der Waals surface area contributed by atoms with E-state index in [1.165, 1.54) is 0 Å². The Balaban J connectivity index is 4.41. The predicted molar refractivity (Wildman–Crippen MR) is 43.6 cm³/mol. The molecular weight excluding hydrogens is 182 g/mol. The monoisotopic (exact) mass is 191 g/mol. The molecule has 0 bridgehead atoms. The number of rotatable bonds is 3. The second-order valence-electron chi connectivity index (χ2n) is 1.94. The van der Waals surface area contributed by atoms with Crippen LogP contribution in [0.1, 0.15) is 6.92 Å². The van der Waals surface area contributed by atoms with Gasteiger partial charge in [-0.1, -0.05) is 6.58 Å². The second kappa shape index (κ2) is 4.03. The first-order chi connectivity index (χ1) is 5.38. The van der Waals surface area contributed by atoms with Gasteiger partial charge in [0.15, 0.2) is 0 Å². The maximum atomic E-state index is 10.5. The molecule has 0 saturated heterocycles. The maximum absolute atomic E-state index is 10.5. The minimum atomic E-state index is -4.19. The van der Waals surface area contributed by atoms with Crippen LogP contribution in [0.2, 0.25) is 0 Å². The number of carbonyl (C=O) groups is 1. The van der Waals surface area contributed by atoms with Crippen LogP contribution in [0.3, 0.4) is 0 Å². The molecule has 2 N–H and O–H groups in total. The van der Waals surface area contributed by atoms with E-state index < -0.39 is 16.0 Å². The predicted octanol–water partition coefficient (Wildman–Crippen LogP) is 0.0377. The first-order valence-electron chi connectivity index (χ1n) is 2.95. The first kappa shape index (κ1) is 10.9. The lowest BCUT2D eigenvalue weighted by molar-refractivity contribution is -0.115. The van der Waals surface area contributed by atoms with E-state index in [0.29, 0.717) is 0 Å². The third-order valence-electron chi connectivity index (χ3n) is 1.01. The molecule has 5 nitrogen and oxygen atoms in total. The van der Waals surface area contributed by atoms with Crippen molar-refractivity contribution >= 4 is 16.0 Å². The van der Waals surface area contributed by atoms with Crippen molar-refractivity contribution < 1.29 is 17.8 Å². The van der Waals surface area contributed by atoms with Gasteiger partial charge in [0, 0.05) is 6.20 Å². The smallest absolute Gasteiger partial charge is 0.291 e. The fraction of sp³-hybridized carbons (Fsp3) is 0.167. The first-order valence-corrected chi connectivity index (χ1v) is 4.39. The Morgan fingerprint density at radius 2 is 2.08 bits per heavy atom. The van der Waals surface area contributed by atoms with Crippen molar-refractivity contribution in [1.82, 2.24) is 5.32 Å². The summed E-state index contributed by atoms with van der Waals surface area (Å²) in [5.41, 5.74) is 0. The van der Waals surface area contributed by atoms with Crippen LogP contribution in [0, 0.1) is 0 Å². The molecule has 0 radical (unpaired) electrons. The molecule has 0 aliphatic heterocycles. The summed E-state index contributed by atoms with van der Waals surface area (Å²) in [6.07, 6.45) is 1.87. The zero-order valence-electron chi connectivity index (χ0n) is 6.44. The molecule has 68 valence electrons. The molecule has 0 heterocycles. The minimum Gasteiger partial charge on any atom is -0.328 e. The summed E-state index contributed by atoms with van der Waals surface area (Å²) < 4.78 is 29.1. The molecule has 6 heteroatoms. The van der Waals surface area contributed by atoms with E-state index in [1.54, 1.807) is 0 Å². The van der Waals surface area contributed by atoms with Crippen molar-refractivity contribution in [3.8, 4) is 0 Å². The van der Waals surface area contributed by atoms with E-state index >= 15 is 0 Å². The summed E-state index contributed by atoms with van der Waals surface area (Å²) in [6.45, 7) is 4.30. The van der Waals surface area contributed by atoms with E-state index in [2.05, 4.69) is 11.9 Å². The molecule has 0 aromatic carbocycles. The molecule has 0 saturated carbocycles. The van der Waals surface area contributed by atoms with Crippen molar-refractivity contribution in [2.24, 2.45) is 0 Å². The summed E-state index contributed by atoms with van der Waals surface area (Å²) in [4.78, 5) is 10.2. The van der Waals surface area contributed by atoms with Crippen LogP contribution in [0.4, 0.5) is 0 Å². The summed E-state index contributed by atoms with van der Waals surface area (Å²) in [7, 11) is -4.19. The van der Waals surface area contributed by atoms with Gasteiger partial charge >= 0.3 is 0 Å². The minimum absolute atomic E-state index is 0.335. The van der Waals surface area contributed by atoms with Gasteiger partial charge in [-0.2, -0.15) is 8.42 Å². The Bertz CT molecular complexity index is 314. The van der Waals surface area contributed by atoms with Crippen LogP contribution < -0.4 is 5.32 Å². The van der Waals surface area contributed by atoms with Crippen LogP contribution in [0.5, 0.6) is 0 Å². The summed E-state index contributed by atoms with van der Waals surface area (Å²) in [5.74, 6) is -0.544. The highest BCUT2D eigenvalue weighted by molar-refractivity contribution is 7.89. The third-order valence-corrected chi connectivity index (χ3v) is 1.94. The molecule has 0 aliphatic rings. The summed E-state index contributed by atoms with van der Waals surface area (Å²) in [5, 5.41) is 2.08. The average Bonchev–Trinajstić information content (AvgIpc) is 1.97. The zero-order chi connectivity index (χ0) is 9.78. The molecule has 0 aliphatic carbocycles. The van der Waals surface area contributed by atoms with Crippen molar-refractivity contribution in [3.05, 3.63) is 23.8 Å². The van der Waals surface area contributed by atoms with Crippen molar-refractivity contribution in [2.75, 3.05) is 0 Å². The van der Waals surface area contributed by atoms with Crippen molar-refractivity contribution in [2.45, 2.75) is 6.92 Å². The Morgan fingerprint density at radius 1 is 1.58 bits per heavy atom. The largest absolute Gasteiger partial charge is 0.328 e. The number of nitrogens with one attached hydrogen (secondary N) is 1. The van der Waals surface area contributed by atoms with Crippen molar-refractivity contribution in [3.63, 3.8) is 0 Å². The standard InChI is InChI=1S/C6H9NO4S/c1-3-6(8)7-4-5(2)12(9,10)11/h3-4H,1H2,2H3,(H,7,8)(H,9,10,11). The van der Waals surface area contributed by atoms with Crippen LogP contribution in [-0.4, -0.2) is 18.9 Å². The molecule has 0 fully saturated rings. The number of hydrogen-bond donors (Lipinski definition) is 2. The van der Waals surface area contributed by atoms with E-state index in [4.69, 9.17) is 4.55 Å². The molecule has 0 unspecified atom stereocenters. The van der Waals surface area contributed by atoms with Crippen molar-refractivity contribution in [1.29, 1.82) is 0 Å². The lowest BCUT2D eigenvalue weighted by Crippen LogP contribution is -2.15. The van der Waals surface area contributed by atoms with Gasteiger partial charge < -0.3 is 5.32 Å². The van der Waals surface area contributed by atoms with E-state index in [0.717, 1.165) is 19.2 Å². The molecule has 0 aromatic heterocycles. The topological polar surface area (TPSA) is 83.5 Å². The highest BCUT2D eigenvalue weighted by Gasteiger charge is 2.06. The number of hydrogen-bond acceptors (Lipinski definition) is 3. The fourth-order valence-electron chi connectivity index (χ4n) is 0.306. The lowest BCUT2D eigenvalue weighted by atomic mass is 10.6. The van der Waals surface area contributed by atoms with Gasteiger partial charge in [-0.15, -0.1) is 0 Å². The number of amides is 1. The van der Waals surface area contributed by atoms with E-state index in [1.807, 2.05) is 0 Å². The Morgan fingerprint density at radius 3 is 2.42 bits per heavy atom. The highest BCUT2D eigenvalue weighted by Crippen LogP contribution is 1.98. The maximum Gasteiger partial charge on any atom is 0.291 e. The van der Waals surface area contributed by atoms with Crippen LogP contribution >= 0.6 is 0 Å². The van der Waals surface area contributed by atoms with Crippen LogP contribution in [0.25, 0.3) is 0 Å². The van der Waals surface area contributed by atoms with E-state index in [9.17, 15) is 13.2 Å². The van der Waals surface area contributed by atoms with Gasteiger partial charge in [-0.05, 0) is 13.0 Å². The summed E-state index contributed by atoms with van der Waals surface area (Å²) in [6, 6.07) is 0. The molecule has 0 atom stereocenters. The molecule has 0 spiro atoms. The Hall–Kier alpha value is -1.14. The van der Waals surface area contributed by atoms with Gasteiger partial charge in [0.25, 0.3) is 10.1 Å². The zero-order valence-corrected chi connectivity index (χ0v) is 7.26. The molecular formula is C6H9NO4S. The molecule has 0 aromatic rings. The Kier molecular flexibility index (Phi) is 3.65. The normalized spacial score (nSPS) is 12.3. The molecule has 1 amide bonds. The Labute approximate surface area is 70.5 Å². The van der Waals surface area contributed by atoms with Gasteiger partial charge in [0.05, 0.1) is 4.91 Å². The second-order valence-corrected chi connectivity index (χ2v) is 3.54. The SMILES string of the molecule is C=CC(=O)NC=C(C)S(=O)(=O)O. The van der Waals surface area contributed by atoms with Gasteiger partial charge in [0.2, 0.25) is 5.91 Å². The number of allylic oxidation sites excluding steroid dienone is 1. The quantitative estimate of drug-likeness (QED) is 0.487. The van der Waals surface area contributed by atoms with E-state index in [-0.39, 0.29) is 4.91 Å². The van der Waals surface area contributed by atoms with Gasteiger partial charge in [-0.3, -0.25) is 9.35 Å². The molecule has 12 heavy (non-hydrogen) atoms. The third kappa shape index (κ3) is 3.89. The van der Waals surface area contributed by atoms with Gasteiger partial charge in [-0.25, -0.2) is 0 Å². The summed E-state index contributed by atoms with van der Waals surface area (Å²) >= 11 is 0.